The molecule has 2 N–H and O–H groups in total. The Bertz CT molecular complexity index is 2030. The van der Waals surface area contributed by atoms with E-state index >= 15 is 0 Å². The molecule has 0 spiro atoms. The minimum atomic E-state index is -0.187. The Labute approximate surface area is 348 Å². The van der Waals surface area contributed by atoms with Crippen molar-refractivity contribution in [2.45, 2.75) is 153 Å². The molecule has 1 aromatic heterocycles. The van der Waals surface area contributed by atoms with Crippen LogP contribution in [0.2, 0.25) is 0 Å². The lowest BCUT2D eigenvalue weighted by atomic mass is 9.41. The summed E-state index contributed by atoms with van der Waals surface area (Å²) in [5.41, 5.74) is 14.5. The highest BCUT2D eigenvalue weighted by Gasteiger charge is 2.38. The minimum Gasteiger partial charge on any atom is -0.470 e. The molecule has 57 heavy (non-hydrogen) atoms. The Morgan fingerprint density at radius 1 is 0.912 bits per heavy atom. The van der Waals surface area contributed by atoms with E-state index in [1.807, 2.05) is 6.20 Å². The van der Waals surface area contributed by atoms with Crippen molar-refractivity contribution in [2.75, 3.05) is 5.32 Å². The largest absolute Gasteiger partial charge is 0.470 e. The molecule has 2 aromatic carbocycles. The average Bonchev–Trinajstić information content (AvgIpc) is 3.56. The molecule has 0 aliphatic heterocycles. The number of rotatable bonds is 15. The predicted octanol–water partition coefficient (Wildman–Crippen LogP) is 14.8. The first kappa shape index (κ1) is 45.5. The van der Waals surface area contributed by atoms with Crippen LogP contribution in [-0.4, -0.2) is 6.71 Å². The van der Waals surface area contributed by atoms with E-state index in [0.29, 0.717) is 11.8 Å². The monoisotopic (exact) mass is 767 g/mol. The highest BCUT2D eigenvalue weighted by Crippen LogP contribution is 2.47. The van der Waals surface area contributed by atoms with Crippen LogP contribution in [0.5, 0.6) is 0 Å². The van der Waals surface area contributed by atoms with Crippen molar-refractivity contribution < 1.29 is 4.42 Å². The zero-order valence-corrected chi connectivity index (χ0v) is 38.6. The van der Waals surface area contributed by atoms with Crippen molar-refractivity contribution in [1.82, 2.24) is 5.32 Å². The van der Waals surface area contributed by atoms with E-state index < -0.39 is 0 Å². The number of allylic oxidation sites excluding steroid dienone is 9. The number of hydrogen-bond donors (Lipinski definition) is 2. The number of benzene rings is 2. The Kier molecular flexibility index (Phi) is 14.9. The molecular weight excluding hydrogens is 691 g/mol. The summed E-state index contributed by atoms with van der Waals surface area (Å²) in [7, 11) is 0. The maximum atomic E-state index is 6.97. The van der Waals surface area contributed by atoms with Crippen LogP contribution in [0.3, 0.4) is 0 Å². The van der Waals surface area contributed by atoms with Crippen LogP contribution in [0.15, 0.2) is 118 Å². The van der Waals surface area contributed by atoms with Crippen LogP contribution in [0.4, 0.5) is 5.69 Å². The fraction of sp³-hybridized carbons (Fsp3) is 0.472. The second kappa shape index (κ2) is 18.6. The number of nitrogens with one attached hydrogen (secondary N) is 2. The summed E-state index contributed by atoms with van der Waals surface area (Å²) in [6, 6.07) is 11.8. The van der Waals surface area contributed by atoms with Gasteiger partial charge in [0.15, 0.2) is 0 Å². The van der Waals surface area contributed by atoms with Gasteiger partial charge < -0.3 is 15.1 Å². The minimum absolute atomic E-state index is 0.0357. The van der Waals surface area contributed by atoms with Gasteiger partial charge in [0, 0.05) is 23.0 Å². The van der Waals surface area contributed by atoms with Crippen LogP contribution in [0.25, 0.3) is 11.0 Å². The summed E-state index contributed by atoms with van der Waals surface area (Å²) in [6.07, 6.45) is 20.6. The number of furan rings is 1. The third-order valence-corrected chi connectivity index (χ3v) is 12.3. The lowest BCUT2D eigenvalue weighted by Gasteiger charge is -2.41. The first-order chi connectivity index (χ1) is 26.6. The van der Waals surface area contributed by atoms with Crippen LogP contribution in [0.1, 0.15) is 163 Å². The van der Waals surface area contributed by atoms with E-state index in [1.165, 1.54) is 39.8 Å². The number of aryl methyl sites for hydroxylation is 1. The van der Waals surface area contributed by atoms with Crippen LogP contribution in [-0.2, 0) is 10.8 Å². The third kappa shape index (κ3) is 10.9. The SMILES string of the molecule is C=C(/C=C(Nc1cc(C(C)CC)c(C(C)C)cc1C)\C(=C\N/C=C/C=C(\C=C\C)C(C)(C)C)B(/C=C/C)c1cc2cc3c(cc2o1)C(C)(C)CCC3(C)C)C(C)C. The van der Waals surface area contributed by atoms with Crippen molar-refractivity contribution in [3.8, 4) is 0 Å². The van der Waals surface area contributed by atoms with Gasteiger partial charge in [0.25, 0.3) is 6.71 Å². The fourth-order valence-electron chi connectivity index (χ4n) is 7.95. The zero-order valence-electron chi connectivity index (χ0n) is 38.6. The molecule has 306 valence electrons. The normalized spacial score (nSPS) is 17.1. The Hall–Kier alpha value is -4.18. The Morgan fingerprint density at radius 2 is 1.56 bits per heavy atom. The van der Waals surface area contributed by atoms with Crippen LogP contribution < -0.4 is 16.3 Å². The number of anilines is 1. The standard InChI is InChI=1S/C53H75BN2O/c1-18-22-41(51(11,12)13)23-21-27-55-34-46(48(29-38(9)35(4)5)56-47-32-43(37(8)20-3)42(36(6)7)28-39(47)10)54(26-19-2)50-31-40-30-44-45(33-49(40)57-50)53(16,17)25-24-52(44,14)15/h18-19,21-23,26-37,55-56H,9,20,24-25H2,1-8,10-17H3/b22-18+,26-19+,27-21+,41-23+,46-34-,48-29+. The van der Waals surface area contributed by atoms with Crippen molar-refractivity contribution in [3.05, 3.63) is 142 Å². The summed E-state index contributed by atoms with van der Waals surface area (Å²) in [4.78, 5) is 0. The molecule has 0 bridgehead atoms. The van der Waals surface area contributed by atoms with Gasteiger partial charge in [-0.3, -0.25) is 0 Å². The van der Waals surface area contributed by atoms with Crippen LogP contribution in [0, 0.1) is 18.3 Å². The highest BCUT2D eigenvalue weighted by atomic mass is 16.3. The smallest absolute Gasteiger partial charge is 0.283 e. The molecule has 1 heterocycles. The fourth-order valence-corrected chi connectivity index (χ4v) is 7.95. The summed E-state index contributed by atoms with van der Waals surface area (Å²) in [5, 5.41) is 8.74. The quantitative estimate of drug-likeness (QED) is 0.119. The van der Waals surface area contributed by atoms with E-state index in [0.717, 1.165) is 51.9 Å². The van der Waals surface area contributed by atoms with Crippen LogP contribution >= 0.6 is 0 Å². The van der Waals surface area contributed by atoms with Gasteiger partial charge in [0.05, 0.1) is 5.66 Å². The maximum absolute atomic E-state index is 6.97. The van der Waals surface area contributed by atoms with Gasteiger partial charge in [-0.05, 0) is 156 Å². The van der Waals surface area contributed by atoms with E-state index in [2.05, 4.69) is 207 Å². The van der Waals surface area contributed by atoms with Gasteiger partial charge in [0.2, 0.25) is 0 Å². The topological polar surface area (TPSA) is 37.2 Å². The van der Waals surface area contributed by atoms with Gasteiger partial charge in [-0.25, -0.2) is 0 Å². The predicted molar refractivity (Wildman–Crippen MR) is 254 cm³/mol. The molecule has 1 aliphatic rings. The molecule has 3 nitrogen and oxygen atoms in total. The highest BCUT2D eigenvalue weighted by molar-refractivity contribution is 6.84. The molecule has 4 rings (SSSR count). The molecule has 1 atom stereocenters. The van der Waals surface area contributed by atoms with Gasteiger partial charge in [-0.2, -0.15) is 0 Å². The first-order valence-electron chi connectivity index (χ1n) is 21.6. The van der Waals surface area contributed by atoms with Gasteiger partial charge >= 0.3 is 0 Å². The zero-order chi connectivity index (χ0) is 42.5. The van der Waals surface area contributed by atoms with E-state index in [-0.39, 0.29) is 28.9 Å². The van der Waals surface area contributed by atoms with Crippen molar-refractivity contribution in [1.29, 1.82) is 0 Å². The van der Waals surface area contributed by atoms with Crippen molar-refractivity contribution in [2.24, 2.45) is 11.3 Å². The summed E-state index contributed by atoms with van der Waals surface area (Å²) in [6.45, 7) is 40.7. The Balaban J connectivity index is 1.98. The lowest BCUT2D eigenvalue weighted by molar-refractivity contribution is 0.332. The molecule has 0 fully saturated rings. The summed E-state index contributed by atoms with van der Waals surface area (Å²) >= 11 is 0. The molecular formula is C53H75BN2O. The number of fused-ring (bicyclic) bond motifs is 2. The first-order valence-corrected chi connectivity index (χ1v) is 21.6. The lowest BCUT2D eigenvalue weighted by Crippen LogP contribution is -2.33. The third-order valence-electron chi connectivity index (χ3n) is 12.3. The molecule has 3 aromatic rings. The summed E-state index contributed by atoms with van der Waals surface area (Å²) in [5.74, 6) is 3.43. The molecule has 1 unspecified atom stereocenters. The van der Waals surface area contributed by atoms with Gasteiger partial charge in [-0.1, -0.05) is 133 Å². The van der Waals surface area contributed by atoms with Gasteiger partial charge in [-0.15, -0.1) is 5.98 Å². The maximum Gasteiger partial charge on any atom is 0.283 e. The van der Waals surface area contributed by atoms with E-state index in [1.54, 1.807) is 0 Å². The van der Waals surface area contributed by atoms with Crippen molar-refractivity contribution >= 4 is 29.0 Å². The second-order valence-electron chi connectivity index (χ2n) is 19.5. The van der Waals surface area contributed by atoms with E-state index in [4.69, 9.17) is 4.42 Å². The Morgan fingerprint density at radius 3 is 2.12 bits per heavy atom. The average molecular weight is 767 g/mol. The van der Waals surface area contributed by atoms with Gasteiger partial charge in [0.1, 0.15) is 5.58 Å². The molecule has 0 amide bonds. The summed E-state index contributed by atoms with van der Waals surface area (Å²) < 4.78 is 6.97. The van der Waals surface area contributed by atoms with E-state index in [9.17, 15) is 0 Å². The molecule has 4 heteroatoms. The molecule has 0 saturated heterocycles. The van der Waals surface area contributed by atoms with Crippen molar-refractivity contribution in [3.63, 3.8) is 0 Å². The molecule has 1 aliphatic carbocycles. The number of hydrogen-bond acceptors (Lipinski definition) is 3. The second-order valence-corrected chi connectivity index (χ2v) is 19.5. The molecule has 0 saturated carbocycles. The molecule has 0 radical (unpaired) electrons.